The van der Waals surface area contributed by atoms with Crippen LogP contribution in [0.2, 0.25) is 0 Å². The van der Waals surface area contributed by atoms with E-state index in [0.717, 1.165) is 40.8 Å². The van der Waals surface area contributed by atoms with Gasteiger partial charge in [-0.25, -0.2) is 17.2 Å². The monoisotopic (exact) mass is 402 g/mol. The first kappa shape index (κ1) is 20.0. The lowest BCUT2D eigenvalue weighted by molar-refractivity contribution is 0.408. The molecule has 0 heterocycles. The van der Waals surface area contributed by atoms with E-state index in [0.29, 0.717) is 16.7 Å². The molecule has 3 nitrogen and oxygen atoms in total. The zero-order chi connectivity index (χ0) is 20.6. The van der Waals surface area contributed by atoms with Crippen LogP contribution < -0.4 is 4.74 Å². The van der Waals surface area contributed by atoms with Gasteiger partial charge in [-0.05, 0) is 83.6 Å². The van der Waals surface area contributed by atoms with Crippen LogP contribution in [0.5, 0.6) is 5.75 Å². The molecule has 0 aromatic heterocycles. The summed E-state index contributed by atoms with van der Waals surface area (Å²) < 4.78 is 56.8. The van der Waals surface area contributed by atoms with E-state index in [4.69, 9.17) is 4.74 Å². The average Bonchev–Trinajstić information content (AvgIpc) is 2.62. The van der Waals surface area contributed by atoms with Crippen molar-refractivity contribution in [3.05, 3.63) is 71.3 Å². The molecule has 146 valence electrons. The van der Waals surface area contributed by atoms with Crippen molar-refractivity contribution in [2.24, 2.45) is 0 Å². The van der Waals surface area contributed by atoms with Crippen LogP contribution in [0, 0.1) is 25.5 Å². The number of ether oxygens (including phenoxy) is 1. The summed E-state index contributed by atoms with van der Waals surface area (Å²) in [6.07, 6.45) is 1.12. The Balaban J connectivity index is 2.23. The van der Waals surface area contributed by atoms with E-state index in [2.05, 4.69) is 0 Å². The molecule has 6 heteroatoms. The van der Waals surface area contributed by atoms with Crippen LogP contribution in [-0.2, 0) is 9.84 Å². The number of rotatable bonds is 4. The zero-order valence-corrected chi connectivity index (χ0v) is 16.8. The third kappa shape index (κ3) is 3.78. The Kier molecular flexibility index (Phi) is 5.26. The van der Waals surface area contributed by atoms with Crippen molar-refractivity contribution in [3.8, 4) is 28.0 Å². The summed E-state index contributed by atoms with van der Waals surface area (Å²) in [6.45, 7) is 3.77. The van der Waals surface area contributed by atoms with Crippen molar-refractivity contribution in [1.82, 2.24) is 0 Å². The molecule has 0 unspecified atom stereocenters. The highest BCUT2D eigenvalue weighted by molar-refractivity contribution is 7.90. The molecular formula is C22H20F2O3S. The summed E-state index contributed by atoms with van der Waals surface area (Å²) in [5, 5.41) is 0. The molecule has 0 saturated carbocycles. The molecule has 0 aliphatic rings. The van der Waals surface area contributed by atoms with Crippen LogP contribution in [0.15, 0.2) is 53.4 Å². The molecule has 3 rings (SSSR count). The van der Waals surface area contributed by atoms with Crippen molar-refractivity contribution in [1.29, 1.82) is 0 Å². The lowest BCUT2D eigenvalue weighted by Gasteiger charge is -2.15. The molecule has 0 atom stereocenters. The number of methoxy groups -OCH3 is 1. The van der Waals surface area contributed by atoms with E-state index >= 15 is 0 Å². The van der Waals surface area contributed by atoms with Crippen LogP contribution >= 0.6 is 0 Å². The van der Waals surface area contributed by atoms with Crippen molar-refractivity contribution in [2.75, 3.05) is 13.4 Å². The number of aryl methyl sites for hydroxylation is 2. The average molecular weight is 402 g/mol. The summed E-state index contributed by atoms with van der Waals surface area (Å²) in [5.41, 5.74) is 4.05. The van der Waals surface area contributed by atoms with Gasteiger partial charge in [-0.2, -0.15) is 0 Å². The van der Waals surface area contributed by atoms with Crippen LogP contribution in [0.1, 0.15) is 11.1 Å². The molecule has 0 saturated heterocycles. The van der Waals surface area contributed by atoms with Gasteiger partial charge in [0.1, 0.15) is 5.75 Å². The van der Waals surface area contributed by atoms with Crippen molar-refractivity contribution in [3.63, 3.8) is 0 Å². The second-order valence-electron chi connectivity index (χ2n) is 6.75. The van der Waals surface area contributed by atoms with Crippen LogP contribution in [-0.4, -0.2) is 21.8 Å². The topological polar surface area (TPSA) is 43.4 Å². The quantitative estimate of drug-likeness (QED) is 0.593. The van der Waals surface area contributed by atoms with Gasteiger partial charge in [0.15, 0.2) is 21.5 Å². The Morgan fingerprint density at radius 2 is 1.25 bits per heavy atom. The molecule has 0 amide bonds. The van der Waals surface area contributed by atoms with Crippen LogP contribution in [0.25, 0.3) is 22.3 Å². The van der Waals surface area contributed by atoms with Crippen LogP contribution in [0.4, 0.5) is 8.78 Å². The maximum atomic E-state index is 14.0. The SMILES string of the molecule is COc1c(C)cc(-c2cc(F)c(F)cc2-c2ccc(S(C)(=O)=O)cc2)cc1C. The Hall–Kier alpha value is -2.73. The second kappa shape index (κ2) is 7.36. The molecule has 28 heavy (non-hydrogen) atoms. The summed E-state index contributed by atoms with van der Waals surface area (Å²) >= 11 is 0. The number of hydrogen-bond donors (Lipinski definition) is 0. The van der Waals surface area contributed by atoms with E-state index < -0.39 is 21.5 Å². The first-order valence-electron chi connectivity index (χ1n) is 8.57. The molecule has 0 spiro atoms. The molecule has 0 radical (unpaired) electrons. The van der Waals surface area contributed by atoms with E-state index in [1.807, 2.05) is 26.0 Å². The Bertz CT molecular complexity index is 1130. The van der Waals surface area contributed by atoms with Crippen molar-refractivity contribution < 1.29 is 21.9 Å². The molecule has 0 N–H and O–H groups in total. The fraction of sp³-hybridized carbons (Fsp3) is 0.182. The molecule has 3 aromatic rings. The van der Waals surface area contributed by atoms with Gasteiger partial charge in [0.2, 0.25) is 0 Å². The van der Waals surface area contributed by atoms with Gasteiger partial charge in [0.25, 0.3) is 0 Å². The van der Waals surface area contributed by atoms with Gasteiger partial charge in [-0.3, -0.25) is 0 Å². The molecule has 3 aromatic carbocycles. The highest BCUT2D eigenvalue weighted by Gasteiger charge is 2.16. The van der Waals surface area contributed by atoms with Gasteiger partial charge in [0.05, 0.1) is 12.0 Å². The number of hydrogen-bond acceptors (Lipinski definition) is 3. The first-order valence-corrected chi connectivity index (χ1v) is 10.5. The largest absolute Gasteiger partial charge is 0.496 e. The van der Waals surface area contributed by atoms with E-state index in [1.54, 1.807) is 19.2 Å². The molecular weight excluding hydrogens is 382 g/mol. The maximum Gasteiger partial charge on any atom is 0.175 e. The Morgan fingerprint density at radius 3 is 1.68 bits per heavy atom. The molecule has 0 bridgehead atoms. The molecule has 0 aliphatic heterocycles. The first-order chi connectivity index (χ1) is 13.1. The zero-order valence-electron chi connectivity index (χ0n) is 16.0. The van der Waals surface area contributed by atoms with Gasteiger partial charge in [0, 0.05) is 6.26 Å². The maximum absolute atomic E-state index is 14.0. The second-order valence-corrected chi connectivity index (χ2v) is 8.77. The summed E-state index contributed by atoms with van der Waals surface area (Å²) in [7, 11) is -1.76. The third-order valence-corrected chi connectivity index (χ3v) is 5.76. The minimum Gasteiger partial charge on any atom is -0.496 e. The summed E-state index contributed by atoms with van der Waals surface area (Å²) in [6, 6.07) is 12.1. The Labute approximate surface area is 163 Å². The third-order valence-electron chi connectivity index (χ3n) is 4.63. The highest BCUT2D eigenvalue weighted by Crippen LogP contribution is 2.37. The lowest BCUT2D eigenvalue weighted by atomic mass is 9.92. The predicted octanol–water partition coefficient (Wildman–Crippen LogP) is 5.33. The van der Waals surface area contributed by atoms with E-state index in [9.17, 15) is 17.2 Å². The van der Waals surface area contributed by atoms with Gasteiger partial charge in [-0.1, -0.05) is 12.1 Å². The molecule has 0 fully saturated rings. The normalized spacial score (nSPS) is 11.5. The standard InChI is InChI=1S/C22H20F2O3S/c1-13-9-16(10-14(2)22(13)27-3)19-12-21(24)20(23)11-18(19)15-5-7-17(8-6-15)28(4,25)26/h5-12H,1-4H3. The van der Waals surface area contributed by atoms with Crippen molar-refractivity contribution in [2.45, 2.75) is 18.7 Å². The van der Waals surface area contributed by atoms with Crippen LogP contribution in [0.3, 0.4) is 0 Å². The number of halogens is 2. The predicted molar refractivity (Wildman–Crippen MR) is 106 cm³/mol. The fourth-order valence-corrected chi connectivity index (χ4v) is 3.96. The van der Waals surface area contributed by atoms with E-state index in [1.165, 1.54) is 12.1 Å². The fourth-order valence-electron chi connectivity index (χ4n) is 3.33. The smallest absolute Gasteiger partial charge is 0.175 e. The molecule has 0 aliphatic carbocycles. The van der Waals surface area contributed by atoms with Gasteiger partial charge in [-0.15, -0.1) is 0 Å². The number of benzene rings is 3. The minimum atomic E-state index is -3.35. The summed E-state index contributed by atoms with van der Waals surface area (Å²) in [4.78, 5) is 0.163. The Morgan fingerprint density at radius 1 is 0.786 bits per heavy atom. The highest BCUT2D eigenvalue weighted by atomic mass is 32.2. The number of sulfone groups is 1. The van der Waals surface area contributed by atoms with Gasteiger partial charge < -0.3 is 4.74 Å². The lowest BCUT2D eigenvalue weighted by Crippen LogP contribution is -1.97. The minimum absolute atomic E-state index is 0.163. The van der Waals surface area contributed by atoms with Gasteiger partial charge >= 0.3 is 0 Å². The van der Waals surface area contributed by atoms with E-state index in [-0.39, 0.29) is 4.90 Å². The van der Waals surface area contributed by atoms with Crippen molar-refractivity contribution >= 4 is 9.84 Å². The summed E-state index contributed by atoms with van der Waals surface area (Å²) in [5.74, 6) is -1.17.